The van der Waals surface area contributed by atoms with Gasteiger partial charge in [0.15, 0.2) is 0 Å². The largest absolute Gasteiger partial charge is 0.444 e. The minimum Gasteiger partial charge on any atom is -0.444 e. The Morgan fingerprint density at radius 1 is 0.709 bits per heavy atom. The standard InChI is InChI=1S/C24H28F2N2O3.C19H20F2N2O/c1-5-16-7-6-8-17(9-16)14-27-15-22(29)21(28-23(30)31-24(2,3)4)12-18-10-19(25)13-20(26)11-18;1-2-13-4-3-5-14(6-13)11-23-12-19(24)18(22)9-15-7-16(20)10-17(21)8-15/h1,6-11,13,21-22,27,29H,12,14-15H2,2-4H3,(H,28,30);1,3-8,10,18-19,23-24H,9,11-12,22H2/t21-,22+;18-,19+/m00/s1. The molecular weight excluding hydrogens is 712 g/mol. The van der Waals surface area contributed by atoms with Crippen LogP contribution in [-0.4, -0.2) is 59.3 Å². The summed E-state index contributed by atoms with van der Waals surface area (Å²) in [4.78, 5) is 12.2. The number of halogens is 4. The van der Waals surface area contributed by atoms with Gasteiger partial charge in [-0.25, -0.2) is 22.4 Å². The van der Waals surface area contributed by atoms with Gasteiger partial charge in [-0.3, -0.25) is 0 Å². The van der Waals surface area contributed by atoms with Gasteiger partial charge in [0, 0.05) is 55.5 Å². The van der Waals surface area contributed by atoms with Crippen LogP contribution in [0.25, 0.3) is 0 Å². The zero-order valence-corrected chi connectivity index (χ0v) is 31.1. The Kier molecular flexibility index (Phi) is 17.4. The second-order valence-corrected chi connectivity index (χ2v) is 14.0. The average molecular weight is 761 g/mol. The zero-order chi connectivity index (χ0) is 40.5. The van der Waals surface area contributed by atoms with Gasteiger partial charge < -0.3 is 36.6 Å². The number of aliphatic hydroxyl groups excluding tert-OH is 2. The van der Waals surface area contributed by atoms with E-state index in [1.165, 1.54) is 12.1 Å². The van der Waals surface area contributed by atoms with Crippen LogP contribution < -0.4 is 21.7 Å². The lowest BCUT2D eigenvalue weighted by Crippen LogP contribution is -2.49. The number of carbonyl (C=O) groups excluding carboxylic acids is 1. The molecule has 4 atom stereocenters. The lowest BCUT2D eigenvalue weighted by atomic mass is 10.0. The maximum absolute atomic E-state index is 13.6. The Bertz CT molecular complexity index is 1900. The van der Waals surface area contributed by atoms with Crippen LogP contribution in [0.15, 0.2) is 84.9 Å². The minimum absolute atomic E-state index is 0.0172. The first kappa shape index (κ1) is 44.2. The van der Waals surface area contributed by atoms with Crippen molar-refractivity contribution >= 4 is 6.09 Å². The van der Waals surface area contributed by atoms with E-state index in [1.807, 2.05) is 48.5 Å². The third-order valence-electron chi connectivity index (χ3n) is 7.99. The molecule has 0 spiro atoms. The molecule has 4 rings (SSSR count). The highest BCUT2D eigenvalue weighted by Gasteiger charge is 2.25. The molecular formula is C43H48F4N4O4. The van der Waals surface area contributed by atoms with E-state index in [2.05, 4.69) is 27.8 Å². The van der Waals surface area contributed by atoms with Crippen molar-refractivity contribution in [2.24, 2.45) is 5.73 Å². The second kappa shape index (κ2) is 21.6. The monoisotopic (exact) mass is 760 g/mol. The van der Waals surface area contributed by atoms with Crippen molar-refractivity contribution < 1.29 is 37.3 Å². The van der Waals surface area contributed by atoms with Crippen molar-refractivity contribution in [3.05, 3.63) is 142 Å². The first-order valence-corrected chi connectivity index (χ1v) is 17.6. The van der Waals surface area contributed by atoms with Crippen LogP contribution in [0.1, 0.15) is 54.2 Å². The van der Waals surface area contributed by atoms with Gasteiger partial charge in [-0.1, -0.05) is 36.1 Å². The lowest BCUT2D eigenvalue weighted by molar-refractivity contribution is 0.0422. The number of hydrogen-bond acceptors (Lipinski definition) is 7. The summed E-state index contributed by atoms with van der Waals surface area (Å²) in [5, 5.41) is 29.6. The van der Waals surface area contributed by atoms with Crippen molar-refractivity contribution in [2.75, 3.05) is 13.1 Å². The molecule has 0 saturated heterocycles. The van der Waals surface area contributed by atoms with Crippen molar-refractivity contribution in [3.8, 4) is 24.7 Å². The summed E-state index contributed by atoms with van der Waals surface area (Å²) in [5.41, 5.74) is 9.38. The van der Waals surface area contributed by atoms with Gasteiger partial charge in [0.25, 0.3) is 0 Å². The summed E-state index contributed by atoms with van der Waals surface area (Å²) in [6, 6.07) is 19.8. The lowest BCUT2D eigenvalue weighted by Gasteiger charge is -2.27. The van der Waals surface area contributed by atoms with Crippen LogP contribution >= 0.6 is 0 Å². The minimum atomic E-state index is -1.05. The Hall–Kier alpha value is -5.21. The van der Waals surface area contributed by atoms with Crippen LogP contribution in [0.3, 0.4) is 0 Å². The molecule has 4 aromatic carbocycles. The topological polar surface area (TPSA) is 129 Å². The molecule has 0 aromatic heterocycles. The zero-order valence-electron chi connectivity index (χ0n) is 31.1. The third-order valence-corrected chi connectivity index (χ3v) is 7.99. The highest BCUT2D eigenvalue weighted by molar-refractivity contribution is 5.68. The van der Waals surface area contributed by atoms with E-state index >= 15 is 0 Å². The van der Waals surface area contributed by atoms with E-state index < -0.39 is 59.3 Å². The summed E-state index contributed by atoms with van der Waals surface area (Å²) >= 11 is 0. The number of aliphatic hydroxyl groups is 2. The predicted molar refractivity (Wildman–Crippen MR) is 205 cm³/mol. The summed E-state index contributed by atoms with van der Waals surface area (Å²) in [5.74, 6) is 2.36. The maximum atomic E-state index is 13.6. The van der Waals surface area contributed by atoms with E-state index in [4.69, 9.17) is 23.3 Å². The Morgan fingerprint density at radius 3 is 1.58 bits per heavy atom. The second-order valence-electron chi connectivity index (χ2n) is 14.0. The fourth-order valence-corrected chi connectivity index (χ4v) is 5.43. The van der Waals surface area contributed by atoms with Gasteiger partial charge in [-0.2, -0.15) is 0 Å². The van der Waals surface area contributed by atoms with Crippen molar-refractivity contribution in [1.29, 1.82) is 0 Å². The summed E-state index contributed by atoms with van der Waals surface area (Å²) in [7, 11) is 0. The van der Waals surface area contributed by atoms with Crippen molar-refractivity contribution in [1.82, 2.24) is 16.0 Å². The van der Waals surface area contributed by atoms with Gasteiger partial charge in [0.2, 0.25) is 0 Å². The smallest absolute Gasteiger partial charge is 0.407 e. The molecule has 55 heavy (non-hydrogen) atoms. The number of amides is 1. The average Bonchev–Trinajstić information content (AvgIpc) is 3.10. The molecule has 0 aliphatic heterocycles. The van der Waals surface area contributed by atoms with Gasteiger partial charge in [0.1, 0.15) is 28.9 Å². The van der Waals surface area contributed by atoms with Gasteiger partial charge in [-0.15, -0.1) is 12.8 Å². The number of benzene rings is 4. The summed E-state index contributed by atoms with van der Waals surface area (Å²) in [6.07, 6.45) is 8.34. The normalized spacial score (nSPS) is 13.2. The molecule has 12 heteroatoms. The van der Waals surface area contributed by atoms with Crippen molar-refractivity contribution in [3.63, 3.8) is 0 Å². The van der Waals surface area contributed by atoms with Crippen LogP contribution in [-0.2, 0) is 30.7 Å². The molecule has 0 aliphatic rings. The maximum Gasteiger partial charge on any atom is 0.407 e. The summed E-state index contributed by atoms with van der Waals surface area (Å²) < 4.78 is 58.7. The number of hydrogen-bond donors (Lipinski definition) is 6. The van der Waals surface area contributed by atoms with Crippen LogP contribution in [0.4, 0.5) is 22.4 Å². The Balaban J connectivity index is 0.000000305. The number of nitrogens with one attached hydrogen (secondary N) is 3. The molecule has 1 amide bonds. The first-order valence-electron chi connectivity index (χ1n) is 17.6. The highest BCUT2D eigenvalue weighted by atomic mass is 19.1. The molecule has 7 N–H and O–H groups in total. The molecule has 0 bridgehead atoms. The number of rotatable bonds is 15. The van der Waals surface area contributed by atoms with Crippen LogP contribution in [0.2, 0.25) is 0 Å². The third kappa shape index (κ3) is 16.8. The number of alkyl carbamates (subject to hydrolysis) is 1. The van der Waals surface area contributed by atoms with Gasteiger partial charge in [-0.05, 0) is 104 Å². The van der Waals surface area contributed by atoms with E-state index in [0.29, 0.717) is 24.2 Å². The molecule has 0 unspecified atom stereocenters. The SMILES string of the molecule is C#Cc1cccc(CNC[C@@H](O)[C@@H](N)Cc2cc(F)cc(F)c2)c1.C#Cc1cccc(CNC[C@@H](O)[C@H](Cc2cc(F)cc(F)c2)NC(=O)OC(C)(C)C)c1. The molecule has 0 heterocycles. The molecule has 0 saturated carbocycles. The fourth-order valence-electron chi connectivity index (χ4n) is 5.43. The number of ether oxygens (including phenoxy) is 1. The fraction of sp³-hybridized carbons (Fsp3) is 0.326. The van der Waals surface area contributed by atoms with Gasteiger partial charge in [0.05, 0.1) is 18.2 Å². The van der Waals surface area contributed by atoms with E-state index in [1.54, 1.807) is 20.8 Å². The molecule has 4 aromatic rings. The number of carbonyl (C=O) groups is 1. The highest BCUT2D eigenvalue weighted by Crippen LogP contribution is 2.15. The molecule has 8 nitrogen and oxygen atoms in total. The quantitative estimate of drug-likeness (QED) is 0.0698. The predicted octanol–water partition coefficient (Wildman–Crippen LogP) is 5.50. The molecule has 0 fully saturated rings. The van der Waals surface area contributed by atoms with Crippen LogP contribution in [0.5, 0.6) is 0 Å². The number of nitrogens with two attached hydrogens (primary N) is 1. The molecule has 292 valence electrons. The Labute approximate surface area is 320 Å². The van der Waals surface area contributed by atoms with Gasteiger partial charge >= 0.3 is 6.09 Å². The van der Waals surface area contributed by atoms with E-state index in [-0.39, 0.29) is 25.9 Å². The number of terminal acetylenes is 2. The molecule has 0 radical (unpaired) electrons. The molecule has 0 aliphatic carbocycles. The Morgan fingerprint density at radius 2 is 1.15 bits per heavy atom. The van der Waals surface area contributed by atoms with Crippen molar-refractivity contribution in [2.45, 2.75) is 76.6 Å². The first-order chi connectivity index (χ1) is 26.0. The van der Waals surface area contributed by atoms with E-state index in [9.17, 15) is 32.6 Å². The van der Waals surface area contributed by atoms with Crippen LogP contribution in [0, 0.1) is 48.0 Å². The van der Waals surface area contributed by atoms with E-state index in [0.717, 1.165) is 46.5 Å². The summed E-state index contributed by atoms with van der Waals surface area (Å²) in [6.45, 7) is 6.51.